The van der Waals surface area contributed by atoms with Gasteiger partial charge in [-0.1, -0.05) is 13.8 Å². The van der Waals surface area contributed by atoms with Gasteiger partial charge in [-0.25, -0.2) is 0 Å². The normalized spacial score (nSPS) is 35.6. The quantitative estimate of drug-likeness (QED) is 0.807. The zero-order valence-electron chi connectivity index (χ0n) is 11.6. The molecule has 0 spiro atoms. The molecule has 2 heterocycles. The summed E-state index contributed by atoms with van der Waals surface area (Å²) in [4.78, 5) is 2.65. The minimum Gasteiger partial charge on any atom is -0.381 e. The van der Waals surface area contributed by atoms with Crippen LogP contribution in [0.15, 0.2) is 0 Å². The predicted molar refractivity (Wildman–Crippen MR) is 71.2 cm³/mol. The van der Waals surface area contributed by atoms with E-state index in [-0.39, 0.29) is 0 Å². The summed E-state index contributed by atoms with van der Waals surface area (Å²) in [6.45, 7) is 10.4. The lowest BCUT2D eigenvalue weighted by Crippen LogP contribution is -2.46. The molecular formula is C14H28N2O. The monoisotopic (exact) mass is 240 g/mol. The minimum absolute atomic E-state index is 0.654. The van der Waals surface area contributed by atoms with Gasteiger partial charge in [0, 0.05) is 31.7 Å². The molecule has 0 aromatic heterocycles. The Kier molecular flexibility index (Phi) is 4.83. The number of hydrogen-bond donors (Lipinski definition) is 1. The van der Waals surface area contributed by atoms with E-state index in [9.17, 15) is 0 Å². The molecule has 3 heteroatoms. The van der Waals surface area contributed by atoms with Gasteiger partial charge in [0.1, 0.15) is 0 Å². The molecule has 0 aromatic carbocycles. The molecule has 0 aromatic rings. The SMILES string of the molecule is CNC1CCOCC1CN1CCC(C(C)C)C1. The molecule has 0 amide bonds. The topological polar surface area (TPSA) is 24.5 Å². The Morgan fingerprint density at radius 1 is 1.35 bits per heavy atom. The predicted octanol–water partition coefficient (Wildman–Crippen LogP) is 1.59. The average molecular weight is 240 g/mol. The van der Waals surface area contributed by atoms with Crippen LogP contribution >= 0.6 is 0 Å². The Morgan fingerprint density at radius 3 is 2.82 bits per heavy atom. The van der Waals surface area contributed by atoms with Gasteiger partial charge >= 0.3 is 0 Å². The maximum absolute atomic E-state index is 5.63. The summed E-state index contributed by atoms with van der Waals surface area (Å²) in [6.07, 6.45) is 2.55. The third-order valence-corrected chi connectivity index (χ3v) is 4.59. The van der Waals surface area contributed by atoms with Crippen LogP contribution in [0.4, 0.5) is 0 Å². The van der Waals surface area contributed by atoms with Crippen LogP contribution < -0.4 is 5.32 Å². The Balaban J connectivity index is 1.80. The standard InChI is InChI=1S/C14H28N2O/c1-11(2)12-4-6-16(8-12)9-13-10-17-7-5-14(13)15-3/h11-15H,4-10H2,1-3H3. The van der Waals surface area contributed by atoms with Gasteiger partial charge in [0.05, 0.1) is 6.61 Å². The average Bonchev–Trinajstić information content (AvgIpc) is 2.78. The third kappa shape index (κ3) is 3.43. The number of hydrogen-bond acceptors (Lipinski definition) is 3. The van der Waals surface area contributed by atoms with Crippen molar-refractivity contribution in [3.8, 4) is 0 Å². The van der Waals surface area contributed by atoms with E-state index in [2.05, 4.69) is 31.1 Å². The smallest absolute Gasteiger partial charge is 0.0521 e. The van der Waals surface area contributed by atoms with Crippen molar-refractivity contribution < 1.29 is 4.74 Å². The first-order chi connectivity index (χ1) is 8.20. The van der Waals surface area contributed by atoms with Crippen molar-refractivity contribution in [1.82, 2.24) is 10.2 Å². The molecule has 0 bridgehead atoms. The van der Waals surface area contributed by atoms with Crippen molar-refractivity contribution in [2.24, 2.45) is 17.8 Å². The maximum Gasteiger partial charge on any atom is 0.0521 e. The second-order valence-electron chi connectivity index (χ2n) is 6.07. The third-order valence-electron chi connectivity index (χ3n) is 4.59. The Morgan fingerprint density at radius 2 is 2.18 bits per heavy atom. The summed E-state index contributed by atoms with van der Waals surface area (Å²) < 4.78 is 5.63. The fourth-order valence-electron chi connectivity index (χ4n) is 3.26. The van der Waals surface area contributed by atoms with E-state index in [0.717, 1.165) is 25.0 Å². The van der Waals surface area contributed by atoms with Crippen LogP contribution in [0.25, 0.3) is 0 Å². The number of nitrogens with zero attached hydrogens (tertiary/aromatic N) is 1. The molecule has 2 aliphatic rings. The molecule has 2 saturated heterocycles. The number of ether oxygens (including phenoxy) is 1. The van der Waals surface area contributed by atoms with E-state index >= 15 is 0 Å². The molecule has 100 valence electrons. The molecule has 17 heavy (non-hydrogen) atoms. The van der Waals surface area contributed by atoms with Crippen molar-refractivity contribution in [3.05, 3.63) is 0 Å². The van der Waals surface area contributed by atoms with Gasteiger partial charge in [-0.2, -0.15) is 0 Å². The minimum atomic E-state index is 0.654. The molecule has 3 unspecified atom stereocenters. The summed E-state index contributed by atoms with van der Waals surface area (Å²) in [5, 5.41) is 3.46. The second kappa shape index (κ2) is 6.17. The van der Waals surface area contributed by atoms with Gasteiger partial charge in [-0.15, -0.1) is 0 Å². The highest BCUT2D eigenvalue weighted by Crippen LogP contribution is 2.25. The van der Waals surface area contributed by atoms with Crippen molar-refractivity contribution in [3.63, 3.8) is 0 Å². The fraction of sp³-hybridized carbons (Fsp3) is 1.00. The van der Waals surface area contributed by atoms with E-state index in [1.165, 1.54) is 32.5 Å². The first kappa shape index (κ1) is 13.3. The highest BCUT2D eigenvalue weighted by molar-refractivity contribution is 4.85. The number of rotatable bonds is 4. The summed E-state index contributed by atoms with van der Waals surface area (Å²) in [6, 6.07) is 0.654. The van der Waals surface area contributed by atoms with Gasteiger partial charge in [-0.05, 0) is 38.3 Å². The Bertz CT molecular complexity index is 232. The molecule has 0 saturated carbocycles. The van der Waals surface area contributed by atoms with Crippen LogP contribution in [0.2, 0.25) is 0 Å². The van der Waals surface area contributed by atoms with Gasteiger partial charge in [0.25, 0.3) is 0 Å². The summed E-state index contributed by atoms with van der Waals surface area (Å²) in [5.41, 5.74) is 0. The molecule has 0 aliphatic carbocycles. The van der Waals surface area contributed by atoms with E-state index in [1.54, 1.807) is 0 Å². The van der Waals surface area contributed by atoms with Crippen LogP contribution in [-0.4, -0.2) is 50.8 Å². The van der Waals surface area contributed by atoms with Gasteiger partial charge < -0.3 is 15.0 Å². The van der Waals surface area contributed by atoms with Gasteiger partial charge in [0.15, 0.2) is 0 Å². The molecule has 0 radical (unpaired) electrons. The number of nitrogens with one attached hydrogen (secondary N) is 1. The molecule has 3 atom stereocenters. The fourth-order valence-corrected chi connectivity index (χ4v) is 3.26. The van der Waals surface area contributed by atoms with Crippen LogP contribution in [0, 0.1) is 17.8 Å². The summed E-state index contributed by atoms with van der Waals surface area (Å²) in [5.74, 6) is 2.43. The van der Waals surface area contributed by atoms with Crippen LogP contribution in [-0.2, 0) is 4.74 Å². The van der Waals surface area contributed by atoms with Crippen molar-refractivity contribution in [2.75, 3.05) is 39.9 Å². The lowest BCUT2D eigenvalue weighted by Gasteiger charge is -2.34. The van der Waals surface area contributed by atoms with Crippen molar-refractivity contribution in [1.29, 1.82) is 0 Å². The first-order valence-electron chi connectivity index (χ1n) is 7.18. The summed E-state index contributed by atoms with van der Waals surface area (Å²) >= 11 is 0. The largest absolute Gasteiger partial charge is 0.381 e. The lowest BCUT2D eigenvalue weighted by molar-refractivity contribution is 0.0208. The van der Waals surface area contributed by atoms with Crippen LogP contribution in [0.1, 0.15) is 26.7 Å². The van der Waals surface area contributed by atoms with E-state index in [1.807, 2.05) is 0 Å². The molecule has 2 aliphatic heterocycles. The molecule has 3 nitrogen and oxygen atoms in total. The van der Waals surface area contributed by atoms with E-state index in [4.69, 9.17) is 4.74 Å². The molecular weight excluding hydrogens is 212 g/mol. The number of likely N-dealkylation sites (tertiary alicyclic amines) is 1. The highest BCUT2D eigenvalue weighted by Gasteiger charge is 2.30. The lowest BCUT2D eigenvalue weighted by atomic mass is 9.94. The van der Waals surface area contributed by atoms with Gasteiger partial charge in [-0.3, -0.25) is 0 Å². The second-order valence-corrected chi connectivity index (χ2v) is 6.07. The van der Waals surface area contributed by atoms with Crippen molar-refractivity contribution in [2.45, 2.75) is 32.7 Å². The van der Waals surface area contributed by atoms with Crippen LogP contribution in [0.3, 0.4) is 0 Å². The highest BCUT2D eigenvalue weighted by atomic mass is 16.5. The zero-order chi connectivity index (χ0) is 12.3. The summed E-state index contributed by atoms with van der Waals surface area (Å²) in [7, 11) is 2.09. The molecule has 2 rings (SSSR count). The molecule has 1 N–H and O–H groups in total. The van der Waals surface area contributed by atoms with E-state index in [0.29, 0.717) is 12.0 Å². The molecule has 2 fully saturated rings. The van der Waals surface area contributed by atoms with Crippen LogP contribution in [0.5, 0.6) is 0 Å². The Labute approximate surface area is 106 Å². The van der Waals surface area contributed by atoms with Gasteiger partial charge in [0.2, 0.25) is 0 Å². The maximum atomic E-state index is 5.63. The first-order valence-corrected chi connectivity index (χ1v) is 7.18. The zero-order valence-corrected chi connectivity index (χ0v) is 11.6. The van der Waals surface area contributed by atoms with E-state index < -0.39 is 0 Å². The Hall–Kier alpha value is -0.120. The van der Waals surface area contributed by atoms with Crippen molar-refractivity contribution >= 4 is 0 Å².